The van der Waals surface area contributed by atoms with Gasteiger partial charge in [0.25, 0.3) is 5.91 Å². The Labute approximate surface area is 170 Å². The molecule has 7 nitrogen and oxygen atoms in total. The highest BCUT2D eigenvalue weighted by molar-refractivity contribution is 5.98. The smallest absolute Gasteiger partial charge is 0.274 e. The Morgan fingerprint density at radius 1 is 1.18 bits per heavy atom. The minimum Gasteiger partial charge on any atom is -0.497 e. The molecule has 8 heteroatoms. The summed E-state index contributed by atoms with van der Waals surface area (Å²) in [5.74, 6) is 0.804. The van der Waals surface area contributed by atoms with Gasteiger partial charge >= 0.3 is 0 Å². The van der Waals surface area contributed by atoms with E-state index in [2.05, 4.69) is 15.5 Å². The van der Waals surface area contributed by atoms with Crippen LogP contribution in [0.3, 0.4) is 0 Å². The van der Waals surface area contributed by atoms with Crippen LogP contribution in [0, 0.1) is 5.92 Å². The number of nitrogens with zero attached hydrogens (tertiary/aromatic N) is 2. The summed E-state index contributed by atoms with van der Waals surface area (Å²) >= 11 is 0. The van der Waals surface area contributed by atoms with E-state index in [1.54, 1.807) is 19.2 Å². The van der Waals surface area contributed by atoms with Gasteiger partial charge in [-0.05, 0) is 37.1 Å². The highest BCUT2D eigenvalue weighted by Gasteiger charge is 2.31. The number of nitrogens with one attached hydrogen (secondary N) is 2. The highest BCUT2D eigenvalue weighted by atomic mass is 35.5. The molecule has 0 spiro atoms. The Balaban J connectivity index is 0.00000225. The first-order chi connectivity index (χ1) is 13.2. The summed E-state index contributed by atoms with van der Waals surface area (Å²) in [5.41, 5.74) is 3.27. The number of methoxy groups -OCH3 is 1. The SMILES string of the molecule is COc1ccc(C(=O)C2CCN(C(=O)c3n[nH]c4c3CNCC4)CC2)cc1.Cl. The second-order valence-corrected chi connectivity index (χ2v) is 7.12. The number of ether oxygens (including phenoxy) is 1. The van der Waals surface area contributed by atoms with Crippen LogP contribution in [0.5, 0.6) is 5.75 Å². The van der Waals surface area contributed by atoms with E-state index < -0.39 is 0 Å². The fraction of sp³-hybridized carbons (Fsp3) is 0.450. The van der Waals surface area contributed by atoms with Gasteiger partial charge in [-0.15, -0.1) is 12.4 Å². The number of rotatable bonds is 4. The third-order valence-corrected chi connectivity index (χ3v) is 5.54. The van der Waals surface area contributed by atoms with Gasteiger partial charge < -0.3 is 15.0 Å². The van der Waals surface area contributed by atoms with Crippen molar-refractivity contribution >= 4 is 24.1 Å². The molecule has 0 bridgehead atoms. The van der Waals surface area contributed by atoms with E-state index in [0.717, 1.165) is 30.0 Å². The molecular formula is C20H25ClN4O3. The summed E-state index contributed by atoms with van der Waals surface area (Å²) in [6.07, 6.45) is 2.23. The zero-order valence-electron chi connectivity index (χ0n) is 15.9. The van der Waals surface area contributed by atoms with E-state index in [1.807, 2.05) is 17.0 Å². The van der Waals surface area contributed by atoms with Crippen LogP contribution in [0.1, 0.15) is 44.9 Å². The molecule has 1 aromatic heterocycles. The molecule has 1 saturated heterocycles. The molecule has 28 heavy (non-hydrogen) atoms. The van der Waals surface area contributed by atoms with Crippen LogP contribution in [0.4, 0.5) is 0 Å². The summed E-state index contributed by atoms with van der Waals surface area (Å²) in [4.78, 5) is 27.4. The van der Waals surface area contributed by atoms with Crippen molar-refractivity contribution in [2.75, 3.05) is 26.7 Å². The molecule has 2 aliphatic heterocycles. The van der Waals surface area contributed by atoms with E-state index in [-0.39, 0.29) is 30.0 Å². The normalized spacial score (nSPS) is 16.8. The zero-order valence-corrected chi connectivity index (χ0v) is 16.7. The Bertz CT molecular complexity index is 842. The van der Waals surface area contributed by atoms with Crippen molar-refractivity contribution < 1.29 is 14.3 Å². The first-order valence-electron chi connectivity index (χ1n) is 9.41. The first-order valence-corrected chi connectivity index (χ1v) is 9.41. The number of aromatic nitrogens is 2. The maximum Gasteiger partial charge on any atom is 0.274 e. The molecule has 0 radical (unpaired) electrons. The standard InChI is InChI=1S/C20H24N4O3.ClH/c1-27-15-4-2-13(3-5-15)19(25)14-7-10-24(11-8-14)20(26)18-16-12-21-9-6-17(16)22-23-18;/h2-5,14,21H,6-12H2,1H3,(H,22,23);1H. The summed E-state index contributed by atoms with van der Waals surface area (Å²) < 4.78 is 5.14. The number of likely N-dealkylation sites (tertiary alicyclic amines) is 1. The van der Waals surface area contributed by atoms with Crippen molar-refractivity contribution in [1.29, 1.82) is 0 Å². The van der Waals surface area contributed by atoms with Gasteiger partial charge in [0.15, 0.2) is 11.5 Å². The van der Waals surface area contributed by atoms with E-state index >= 15 is 0 Å². The van der Waals surface area contributed by atoms with Gasteiger partial charge in [-0.25, -0.2) is 0 Å². The molecule has 2 aliphatic rings. The predicted molar refractivity (Wildman–Crippen MR) is 107 cm³/mol. The molecule has 0 saturated carbocycles. The Hall–Kier alpha value is -2.38. The molecule has 0 atom stereocenters. The number of hydrogen-bond donors (Lipinski definition) is 2. The van der Waals surface area contributed by atoms with Gasteiger partial charge in [0.2, 0.25) is 0 Å². The Morgan fingerprint density at radius 2 is 1.89 bits per heavy atom. The molecule has 1 fully saturated rings. The van der Waals surface area contributed by atoms with Crippen molar-refractivity contribution in [3.63, 3.8) is 0 Å². The van der Waals surface area contributed by atoms with Crippen LogP contribution < -0.4 is 10.1 Å². The van der Waals surface area contributed by atoms with Crippen molar-refractivity contribution in [3.8, 4) is 5.75 Å². The zero-order chi connectivity index (χ0) is 18.8. The largest absolute Gasteiger partial charge is 0.497 e. The van der Waals surface area contributed by atoms with Crippen LogP contribution in [-0.4, -0.2) is 53.5 Å². The van der Waals surface area contributed by atoms with Gasteiger partial charge in [0.05, 0.1) is 7.11 Å². The molecule has 2 N–H and O–H groups in total. The molecule has 0 unspecified atom stereocenters. The fourth-order valence-corrected chi connectivity index (χ4v) is 3.89. The maximum atomic E-state index is 12.9. The van der Waals surface area contributed by atoms with Crippen LogP contribution in [0.15, 0.2) is 24.3 Å². The number of halogens is 1. The second kappa shape index (κ2) is 8.75. The van der Waals surface area contributed by atoms with Gasteiger partial charge in [-0.2, -0.15) is 5.10 Å². The fourth-order valence-electron chi connectivity index (χ4n) is 3.89. The van der Waals surface area contributed by atoms with Crippen molar-refractivity contribution in [2.45, 2.75) is 25.8 Å². The number of carbonyl (C=O) groups is 2. The molecule has 2 aromatic rings. The number of carbonyl (C=O) groups excluding carboxylic acids is 2. The molecule has 150 valence electrons. The van der Waals surface area contributed by atoms with Crippen LogP contribution in [0.25, 0.3) is 0 Å². The number of hydrogen-bond acceptors (Lipinski definition) is 5. The summed E-state index contributed by atoms with van der Waals surface area (Å²) in [6, 6.07) is 7.23. The average Bonchev–Trinajstić information content (AvgIpc) is 3.17. The topological polar surface area (TPSA) is 87.3 Å². The van der Waals surface area contributed by atoms with Crippen molar-refractivity contribution in [3.05, 3.63) is 46.8 Å². The lowest BCUT2D eigenvalue weighted by atomic mass is 9.88. The second-order valence-electron chi connectivity index (χ2n) is 7.12. The van der Waals surface area contributed by atoms with E-state index in [4.69, 9.17) is 4.74 Å². The third-order valence-electron chi connectivity index (χ3n) is 5.54. The lowest BCUT2D eigenvalue weighted by Gasteiger charge is -2.31. The van der Waals surface area contributed by atoms with Crippen LogP contribution >= 0.6 is 12.4 Å². The molecular weight excluding hydrogens is 380 g/mol. The minimum atomic E-state index is -0.0442. The highest BCUT2D eigenvalue weighted by Crippen LogP contribution is 2.25. The van der Waals surface area contributed by atoms with Gasteiger partial charge in [0.1, 0.15) is 5.75 Å². The van der Waals surface area contributed by atoms with Crippen molar-refractivity contribution in [1.82, 2.24) is 20.4 Å². The quantitative estimate of drug-likeness (QED) is 0.763. The molecule has 1 amide bonds. The Kier molecular flexibility index (Phi) is 6.36. The average molecular weight is 405 g/mol. The number of benzene rings is 1. The van der Waals surface area contributed by atoms with Gasteiger partial charge in [0, 0.05) is 55.3 Å². The number of Topliss-reactive ketones (excluding diaryl/α,β-unsaturated/α-hetero) is 1. The monoisotopic (exact) mass is 404 g/mol. The predicted octanol–water partition coefficient (Wildman–Crippen LogP) is 2.22. The van der Waals surface area contributed by atoms with Gasteiger partial charge in [-0.1, -0.05) is 0 Å². The lowest BCUT2D eigenvalue weighted by molar-refractivity contribution is 0.0644. The van der Waals surface area contributed by atoms with Crippen LogP contribution in [-0.2, 0) is 13.0 Å². The van der Waals surface area contributed by atoms with E-state index in [9.17, 15) is 9.59 Å². The molecule has 4 rings (SSSR count). The minimum absolute atomic E-state index is 0. The van der Waals surface area contributed by atoms with Gasteiger partial charge in [-0.3, -0.25) is 14.7 Å². The lowest BCUT2D eigenvalue weighted by Crippen LogP contribution is -2.41. The molecule has 3 heterocycles. The summed E-state index contributed by atoms with van der Waals surface area (Å²) in [6.45, 7) is 2.75. The number of ketones is 1. The number of fused-ring (bicyclic) bond motifs is 1. The Morgan fingerprint density at radius 3 is 2.57 bits per heavy atom. The van der Waals surface area contributed by atoms with Crippen LogP contribution in [0.2, 0.25) is 0 Å². The third kappa shape index (κ3) is 3.91. The van der Waals surface area contributed by atoms with Crippen molar-refractivity contribution in [2.24, 2.45) is 5.92 Å². The molecule has 1 aromatic carbocycles. The summed E-state index contributed by atoms with van der Waals surface area (Å²) in [5, 5.41) is 10.5. The van der Waals surface area contributed by atoms with E-state index in [1.165, 1.54) is 0 Å². The number of amides is 1. The summed E-state index contributed by atoms with van der Waals surface area (Å²) in [7, 11) is 1.61. The maximum absolute atomic E-state index is 12.9. The first kappa shape index (κ1) is 20.4. The number of aromatic amines is 1. The van der Waals surface area contributed by atoms with E-state index in [0.29, 0.717) is 43.7 Å². The number of piperidine rings is 1. The molecule has 0 aliphatic carbocycles. The number of H-pyrrole nitrogens is 1.